The minimum Gasteiger partial charge on any atom is -0.497 e. The summed E-state index contributed by atoms with van der Waals surface area (Å²) in [5.41, 5.74) is 6.68. The molecular formula is C13H15N3O3. The van der Waals surface area contributed by atoms with Gasteiger partial charge in [-0.15, -0.1) is 0 Å². The summed E-state index contributed by atoms with van der Waals surface area (Å²) in [5.74, 6) is 0.883. The number of methoxy groups -OCH3 is 1. The Morgan fingerprint density at radius 1 is 1.37 bits per heavy atom. The summed E-state index contributed by atoms with van der Waals surface area (Å²) in [6, 6.07) is 7.26. The van der Waals surface area contributed by atoms with Crippen LogP contribution in [0.2, 0.25) is 0 Å². The summed E-state index contributed by atoms with van der Waals surface area (Å²) in [6.45, 7) is 2.02. The van der Waals surface area contributed by atoms with Crippen LogP contribution in [0.25, 0.3) is 11.4 Å². The van der Waals surface area contributed by atoms with Gasteiger partial charge in [0, 0.05) is 5.56 Å². The van der Waals surface area contributed by atoms with Crippen molar-refractivity contribution in [1.82, 2.24) is 9.97 Å². The molecule has 0 fully saturated rings. The Morgan fingerprint density at radius 3 is 2.63 bits per heavy atom. The number of carbonyl (C=O) groups is 1. The van der Waals surface area contributed by atoms with Gasteiger partial charge in [-0.3, -0.25) is 0 Å². The van der Waals surface area contributed by atoms with Crippen molar-refractivity contribution in [1.29, 1.82) is 0 Å². The minimum absolute atomic E-state index is 0.129. The number of aromatic nitrogens is 2. The summed E-state index contributed by atoms with van der Waals surface area (Å²) >= 11 is 0. The topological polar surface area (TPSA) is 90.2 Å². The SMILES string of the molecule is CCOC(=O)c1[nH]c(-c2ccc(OC)cc2)nc1N. The molecule has 0 aliphatic carbocycles. The van der Waals surface area contributed by atoms with Crippen LogP contribution in [0.15, 0.2) is 24.3 Å². The number of hydrogen-bond acceptors (Lipinski definition) is 5. The maximum Gasteiger partial charge on any atom is 0.358 e. The lowest BCUT2D eigenvalue weighted by atomic mass is 10.2. The third-order valence-corrected chi connectivity index (χ3v) is 2.57. The van der Waals surface area contributed by atoms with Crippen molar-refractivity contribution < 1.29 is 14.3 Å². The number of anilines is 1. The Bertz CT molecular complexity index is 575. The number of nitrogens with one attached hydrogen (secondary N) is 1. The third-order valence-electron chi connectivity index (χ3n) is 2.57. The molecule has 1 heterocycles. The van der Waals surface area contributed by atoms with Crippen molar-refractivity contribution in [3.05, 3.63) is 30.0 Å². The van der Waals surface area contributed by atoms with Crippen LogP contribution in [0.1, 0.15) is 17.4 Å². The van der Waals surface area contributed by atoms with Gasteiger partial charge in [-0.1, -0.05) is 0 Å². The zero-order valence-electron chi connectivity index (χ0n) is 10.8. The lowest BCUT2D eigenvalue weighted by Gasteiger charge is -2.00. The molecule has 6 heteroatoms. The summed E-state index contributed by atoms with van der Waals surface area (Å²) < 4.78 is 9.96. The van der Waals surface area contributed by atoms with Gasteiger partial charge in [0.25, 0.3) is 0 Å². The number of nitrogen functional groups attached to an aromatic ring is 1. The molecular weight excluding hydrogens is 246 g/mol. The van der Waals surface area contributed by atoms with Crippen molar-refractivity contribution in [2.75, 3.05) is 19.5 Å². The summed E-state index contributed by atoms with van der Waals surface area (Å²) in [4.78, 5) is 18.6. The van der Waals surface area contributed by atoms with E-state index in [-0.39, 0.29) is 18.1 Å². The molecule has 2 rings (SSSR count). The largest absolute Gasteiger partial charge is 0.497 e. The number of carbonyl (C=O) groups excluding carboxylic acids is 1. The van der Waals surface area contributed by atoms with Gasteiger partial charge in [0.2, 0.25) is 0 Å². The second-order valence-electron chi connectivity index (χ2n) is 3.79. The molecule has 0 amide bonds. The monoisotopic (exact) mass is 261 g/mol. The maximum absolute atomic E-state index is 11.6. The lowest BCUT2D eigenvalue weighted by Crippen LogP contribution is -2.07. The minimum atomic E-state index is -0.507. The van der Waals surface area contributed by atoms with Crippen LogP contribution in [0.5, 0.6) is 5.75 Å². The molecule has 0 aliphatic heterocycles. The molecule has 0 saturated heterocycles. The number of esters is 1. The molecule has 0 spiro atoms. The molecule has 19 heavy (non-hydrogen) atoms. The smallest absolute Gasteiger partial charge is 0.358 e. The van der Waals surface area contributed by atoms with Crippen molar-refractivity contribution in [3.63, 3.8) is 0 Å². The van der Waals surface area contributed by atoms with Gasteiger partial charge in [-0.05, 0) is 31.2 Å². The number of nitrogens with zero attached hydrogens (tertiary/aromatic N) is 1. The average Bonchev–Trinajstić information content (AvgIpc) is 2.81. The van der Waals surface area contributed by atoms with Gasteiger partial charge in [-0.2, -0.15) is 0 Å². The van der Waals surface area contributed by atoms with E-state index in [0.29, 0.717) is 5.82 Å². The number of aromatic amines is 1. The second-order valence-corrected chi connectivity index (χ2v) is 3.79. The Balaban J connectivity index is 2.30. The average molecular weight is 261 g/mol. The molecule has 1 aromatic carbocycles. The quantitative estimate of drug-likeness (QED) is 0.819. The number of benzene rings is 1. The van der Waals surface area contributed by atoms with Crippen LogP contribution in [0.4, 0.5) is 5.82 Å². The Kier molecular flexibility index (Phi) is 3.70. The standard InChI is InChI=1S/C13H15N3O3/c1-3-19-13(17)10-11(14)16-12(15-10)8-4-6-9(18-2)7-5-8/h4-7H,3,14H2,1-2H3,(H,15,16). The molecule has 0 radical (unpaired) electrons. The fourth-order valence-corrected chi connectivity index (χ4v) is 1.63. The molecule has 0 unspecified atom stereocenters. The highest BCUT2D eigenvalue weighted by Gasteiger charge is 2.16. The molecule has 1 aromatic heterocycles. The highest BCUT2D eigenvalue weighted by atomic mass is 16.5. The van der Waals surface area contributed by atoms with Crippen molar-refractivity contribution in [2.45, 2.75) is 6.92 Å². The summed E-state index contributed by atoms with van der Waals surface area (Å²) in [5, 5.41) is 0. The molecule has 3 N–H and O–H groups in total. The van der Waals surface area contributed by atoms with E-state index < -0.39 is 5.97 Å². The van der Waals surface area contributed by atoms with Gasteiger partial charge >= 0.3 is 5.97 Å². The zero-order chi connectivity index (χ0) is 13.8. The van der Waals surface area contributed by atoms with E-state index in [4.69, 9.17) is 15.2 Å². The number of rotatable bonds is 4. The molecule has 100 valence electrons. The Labute approximate surface area is 110 Å². The molecule has 2 aromatic rings. The van der Waals surface area contributed by atoms with Crippen LogP contribution >= 0.6 is 0 Å². The Hall–Kier alpha value is -2.50. The molecule has 0 saturated carbocycles. The van der Waals surface area contributed by atoms with Crippen LogP contribution in [0, 0.1) is 0 Å². The highest BCUT2D eigenvalue weighted by molar-refractivity contribution is 5.93. The lowest BCUT2D eigenvalue weighted by molar-refractivity contribution is 0.0521. The predicted molar refractivity (Wildman–Crippen MR) is 70.9 cm³/mol. The molecule has 0 aliphatic rings. The number of ether oxygens (including phenoxy) is 2. The first-order valence-electron chi connectivity index (χ1n) is 5.82. The van der Waals surface area contributed by atoms with Gasteiger partial charge < -0.3 is 20.2 Å². The van der Waals surface area contributed by atoms with Gasteiger partial charge in [0.15, 0.2) is 11.5 Å². The number of hydrogen-bond donors (Lipinski definition) is 2. The zero-order valence-corrected chi connectivity index (χ0v) is 10.8. The van der Waals surface area contributed by atoms with Crippen LogP contribution in [-0.2, 0) is 4.74 Å². The fourth-order valence-electron chi connectivity index (χ4n) is 1.63. The number of H-pyrrole nitrogens is 1. The van der Waals surface area contributed by atoms with Crippen molar-refractivity contribution in [3.8, 4) is 17.1 Å². The van der Waals surface area contributed by atoms with E-state index in [1.807, 2.05) is 12.1 Å². The van der Waals surface area contributed by atoms with Crippen LogP contribution in [0.3, 0.4) is 0 Å². The predicted octanol–water partition coefficient (Wildman–Crippen LogP) is 1.84. The number of imidazole rings is 1. The van der Waals surface area contributed by atoms with E-state index in [2.05, 4.69) is 9.97 Å². The van der Waals surface area contributed by atoms with E-state index in [1.165, 1.54) is 0 Å². The van der Waals surface area contributed by atoms with Crippen LogP contribution < -0.4 is 10.5 Å². The molecule has 0 atom stereocenters. The summed E-state index contributed by atoms with van der Waals surface area (Å²) in [7, 11) is 1.60. The molecule has 6 nitrogen and oxygen atoms in total. The first kappa shape index (κ1) is 12.9. The fraction of sp³-hybridized carbons (Fsp3) is 0.231. The third kappa shape index (κ3) is 2.67. The van der Waals surface area contributed by atoms with E-state index in [9.17, 15) is 4.79 Å². The molecule has 0 bridgehead atoms. The van der Waals surface area contributed by atoms with Gasteiger partial charge in [-0.25, -0.2) is 9.78 Å². The maximum atomic E-state index is 11.6. The summed E-state index contributed by atoms with van der Waals surface area (Å²) in [6.07, 6.45) is 0. The second kappa shape index (κ2) is 5.43. The van der Waals surface area contributed by atoms with E-state index in [1.54, 1.807) is 26.2 Å². The van der Waals surface area contributed by atoms with E-state index in [0.717, 1.165) is 11.3 Å². The normalized spacial score (nSPS) is 10.2. The van der Waals surface area contributed by atoms with E-state index >= 15 is 0 Å². The highest BCUT2D eigenvalue weighted by Crippen LogP contribution is 2.22. The van der Waals surface area contributed by atoms with Crippen molar-refractivity contribution in [2.24, 2.45) is 0 Å². The van der Waals surface area contributed by atoms with Crippen molar-refractivity contribution >= 4 is 11.8 Å². The Morgan fingerprint density at radius 2 is 2.05 bits per heavy atom. The first-order chi connectivity index (χ1) is 9.15. The number of nitrogens with two attached hydrogens (primary N) is 1. The first-order valence-corrected chi connectivity index (χ1v) is 5.82. The van der Waals surface area contributed by atoms with Gasteiger partial charge in [0.1, 0.15) is 11.6 Å². The van der Waals surface area contributed by atoms with Crippen LogP contribution in [-0.4, -0.2) is 29.7 Å². The van der Waals surface area contributed by atoms with Gasteiger partial charge in [0.05, 0.1) is 13.7 Å².